The fraction of sp³-hybridized carbons (Fsp3) is 0.462. The normalized spacial score (nSPS) is 19.1. The zero-order valence-corrected chi connectivity index (χ0v) is 10.5. The molecular weight excluding hydrogens is 252 g/mol. The number of nitrogens with zero attached hydrogens (tertiary/aromatic N) is 1. The molecule has 2 aliphatic rings. The molecule has 4 nitrogen and oxygen atoms in total. The summed E-state index contributed by atoms with van der Waals surface area (Å²) in [5.74, 6) is 1.20. The van der Waals surface area contributed by atoms with Gasteiger partial charge in [-0.2, -0.15) is 5.26 Å². The third kappa shape index (κ3) is 2.24. The fourth-order valence-electron chi connectivity index (χ4n) is 1.99. The van der Waals surface area contributed by atoms with Crippen LogP contribution < -0.4 is 14.8 Å². The van der Waals surface area contributed by atoms with Crippen molar-refractivity contribution < 1.29 is 9.47 Å². The van der Waals surface area contributed by atoms with E-state index in [1.807, 2.05) is 6.07 Å². The number of ether oxygens (including phenoxy) is 2. The summed E-state index contributed by atoms with van der Waals surface area (Å²) in [5, 5.41) is 13.0. The predicted octanol–water partition coefficient (Wildman–Crippen LogP) is 2.43. The summed E-state index contributed by atoms with van der Waals surface area (Å²) >= 11 is 6.16. The largest absolute Gasteiger partial charge is 0.486 e. The molecule has 1 aromatic carbocycles. The van der Waals surface area contributed by atoms with E-state index in [4.69, 9.17) is 21.1 Å². The minimum absolute atomic E-state index is 0.342. The van der Waals surface area contributed by atoms with Crippen LogP contribution >= 0.6 is 11.6 Å². The van der Waals surface area contributed by atoms with E-state index < -0.39 is 0 Å². The van der Waals surface area contributed by atoms with Crippen LogP contribution in [0.25, 0.3) is 0 Å². The van der Waals surface area contributed by atoms with E-state index in [0.717, 1.165) is 18.4 Å². The van der Waals surface area contributed by atoms with Gasteiger partial charge in [-0.15, -0.1) is 0 Å². The molecule has 1 fully saturated rings. The first-order valence-corrected chi connectivity index (χ1v) is 6.40. The van der Waals surface area contributed by atoms with Crippen LogP contribution in [0.5, 0.6) is 11.5 Å². The number of nitrogens with one attached hydrogen (secondary N) is 1. The van der Waals surface area contributed by atoms with E-state index >= 15 is 0 Å². The molecule has 5 heteroatoms. The molecule has 0 bridgehead atoms. The van der Waals surface area contributed by atoms with Crippen LogP contribution in [0, 0.1) is 11.3 Å². The summed E-state index contributed by atoms with van der Waals surface area (Å²) in [6.07, 6.45) is 2.27. The lowest BCUT2D eigenvalue weighted by Crippen LogP contribution is -2.22. The first-order valence-electron chi connectivity index (χ1n) is 6.02. The number of hydrogen-bond donors (Lipinski definition) is 1. The van der Waals surface area contributed by atoms with Crippen LogP contribution in [-0.2, 0) is 0 Å². The van der Waals surface area contributed by atoms with Crippen LogP contribution in [0.3, 0.4) is 0 Å². The summed E-state index contributed by atoms with van der Waals surface area (Å²) in [6.45, 7) is 1.02. The molecule has 1 heterocycles. The van der Waals surface area contributed by atoms with Gasteiger partial charge in [0.05, 0.1) is 11.1 Å². The molecule has 1 unspecified atom stereocenters. The number of fused-ring (bicyclic) bond motifs is 1. The molecule has 94 valence electrons. The van der Waals surface area contributed by atoms with Crippen molar-refractivity contribution in [2.24, 2.45) is 0 Å². The third-order valence-corrected chi connectivity index (χ3v) is 3.34. The quantitative estimate of drug-likeness (QED) is 0.911. The monoisotopic (exact) mass is 264 g/mol. The minimum atomic E-state index is -0.342. The van der Waals surface area contributed by atoms with Crippen molar-refractivity contribution in [3.05, 3.63) is 22.7 Å². The molecule has 1 saturated carbocycles. The van der Waals surface area contributed by atoms with Gasteiger partial charge in [0.1, 0.15) is 19.3 Å². The van der Waals surface area contributed by atoms with E-state index in [1.165, 1.54) is 0 Å². The maximum absolute atomic E-state index is 9.22. The SMILES string of the molecule is N#CC(NC1CC1)c1cc(Cl)c2c(c1)OCCO2. The van der Waals surface area contributed by atoms with Crippen LogP contribution in [0.2, 0.25) is 5.02 Å². The Kier molecular flexibility index (Phi) is 3.02. The first kappa shape index (κ1) is 11.6. The Morgan fingerprint density at radius 1 is 1.33 bits per heavy atom. The van der Waals surface area contributed by atoms with Crippen LogP contribution in [0.15, 0.2) is 12.1 Å². The Bertz CT molecular complexity index is 508. The zero-order chi connectivity index (χ0) is 12.5. The first-order chi connectivity index (χ1) is 8.78. The Labute approximate surface area is 110 Å². The van der Waals surface area contributed by atoms with E-state index in [9.17, 15) is 5.26 Å². The standard InChI is InChI=1S/C13H13ClN2O2/c14-10-5-8(11(7-15)16-9-1-2-9)6-12-13(10)18-4-3-17-12/h5-6,9,11,16H,1-4H2. The molecule has 0 saturated heterocycles. The van der Waals surface area contributed by atoms with Crippen molar-refractivity contribution in [2.45, 2.75) is 24.9 Å². The maximum Gasteiger partial charge on any atom is 0.179 e. The van der Waals surface area contributed by atoms with Crippen molar-refractivity contribution in [2.75, 3.05) is 13.2 Å². The average Bonchev–Trinajstić information content (AvgIpc) is 3.20. The van der Waals surface area contributed by atoms with Crippen molar-refractivity contribution >= 4 is 11.6 Å². The van der Waals surface area contributed by atoms with Crippen molar-refractivity contribution in [3.63, 3.8) is 0 Å². The van der Waals surface area contributed by atoms with Gasteiger partial charge in [-0.3, -0.25) is 5.32 Å². The highest BCUT2D eigenvalue weighted by Crippen LogP contribution is 2.40. The van der Waals surface area contributed by atoms with E-state index in [1.54, 1.807) is 6.07 Å². The van der Waals surface area contributed by atoms with Gasteiger partial charge in [0, 0.05) is 6.04 Å². The van der Waals surface area contributed by atoms with Gasteiger partial charge in [0.2, 0.25) is 0 Å². The zero-order valence-electron chi connectivity index (χ0n) is 9.78. The van der Waals surface area contributed by atoms with Gasteiger partial charge in [0.25, 0.3) is 0 Å². The Hall–Kier alpha value is -1.44. The van der Waals surface area contributed by atoms with Gasteiger partial charge >= 0.3 is 0 Å². The van der Waals surface area contributed by atoms with Gasteiger partial charge < -0.3 is 9.47 Å². The molecule has 0 spiro atoms. The summed E-state index contributed by atoms with van der Waals surface area (Å²) < 4.78 is 11.0. The average molecular weight is 265 g/mol. The second kappa shape index (κ2) is 4.68. The molecule has 1 aromatic rings. The second-order valence-corrected chi connectivity index (χ2v) is 4.94. The van der Waals surface area contributed by atoms with Crippen molar-refractivity contribution in [3.8, 4) is 17.6 Å². The predicted molar refractivity (Wildman–Crippen MR) is 67.0 cm³/mol. The summed E-state index contributed by atoms with van der Waals surface area (Å²) in [5.41, 5.74) is 0.832. The molecule has 3 rings (SSSR count). The molecule has 0 amide bonds. The van der Waals surface area contributed by atoms with E-state index in [0.29, 0.717) is 35.8 Å². The molecule has 0 aromatic heterocycles. The highest BCUT2D eigenvalue weighted by atomic mass is 35.5. The summed E-state index contributed by atoms with van der Waals surface area (Å²) in [4.78, 5) is 0. The maximum atomic E-state index is 9.22. The number of hydrogen-bond acceptors (Lipinski definition) is 4. The lowest BCUT2D eigenvalue weighted by Gasteiger charge is -2.21. The fourth-order valence-corrected chi connectivity index (χ4v) is 2.26. The Balaban J connectivity index is 1.91. The Morgan fingerprint density at radius 2 is 2.11 bits per heavy atom. The minimum Gasteiger partial charge on any atom is -0.486 e. The highest BCUT2D eigenvalue weighted by molar-refractivity contribution is 6.32. The molecular formula is C13H13ClN2O2. The van der Waals surface area contributed by atoms with Gasteiger partial charge in [0.15, 0.2) is 11.5 Å². The topological polar surface area (TPSA) is 54.3 Å². The van der Waals surface area contributed by atoms with Crippen LogP contribution in [0.1, 0.15) is 24.4 Å². The van der Waals surface area contributed by atoms with Crippen LogP contribution in [0.4, 0.5) is 0 Å². The molecule has 1 atom stereocenters. The van der Waals surface area contributed by atoms with Crippen molar-refractivity contribution in [1.82, 2.24) is 5.32 Å². The lowest BCUT2D eigenvalue weighted by atomic mass is 10.1. The molecule has 1 aliphatic carbocycles. The molecule has 0 radical (unpaired) electrons. The molecule has 1 aliphatic heterocycles. The number of halogens is 1. The van der Waals surface area contributed by atoms with Crippen LogP contribution in [-0.4, -0.2) is 19.3 Å². The van der Waals surface area contributed by atoms with Gasteiger partial charge in [-0.05, 0) is 30.5 Å². The lowest BCUT2D eigenvalue weighted by molar-refractivity contribution is 0.171. The summed E-state index contributed by atoms with van der Waals surface area (Å²) in [6, 6.07) is 5.99. The van der Waals surface area contributed by atoms with Gasteiger partial charge in [-0.1, -0.05) is 11.6 Å². The number of nitriles is 1. The van der Waals surface area contributed by atoms with E-state index in [-0.39, 0.29) is 6.04 Å². The highest BCUT2D eigenvalue weighted by Gasteiger charge is 2.27. The van der Waals surface area contributed by atoms with E-state index in [2.05, 4.69) is 11.4 Å². The van der Waals surface area contributed by atoms with Crippen molar-refractivity contribution in [1.29, 1.82) is 5.26 Å². The third-order valence-electron chi connectivity index (χ3n) is 3.06. The second-order valence-electron chi connectivity index (χ2n) is 4.53. The number of benzene rings is 1. The molecule has 1 N–H and O–H groups in total. The Morgan fingerprint density at radius 3 is 2.83 bits per heavy atom. The smallest absolute Gasteiger partial charge is 0.179 e. The molecule has 18 heavy (non-hydrogen) atoms. The number of rotatable bonds is 3. The van der Waals surface area contributed by atoms with Gasteiger partial charge in [-0.25, -0.2) is 0 Å². The summed E-state index contributed by atoms with van der Waals surface area (Å²) in [7, 11) is 0.